The van der Waals surface area contributed by atoms with E-state index in [1.165, 1.54) is 6.07 Å². The number of carbonyl (C=O) groups excluding carboxylic acids is 1. The fourth-order valence-electron chi connectivity index (χ4n) is 3.98. The largest absolute Gasteiger partial charge is 0.497 e. The molecule has 1 aliphatic heterocycles. The Morgan fingerprint density at radius 2 is 1.94 bits per heavy atom. The molecular weight excluding hydrogens is 410 g/mol. The maximum atomic E-state index is 13.0. The minimum absolute atomic E-state index is 0.0465. The fraction of sp³-hybridized carbons (Fsp3) is 0.208. The van der Waals surface area contributed by atoms with E-state index in [2.05, 4.69) is 9.97 Å². The molecule has 1 atom stereocenters. The number of aromatic amines is 1. The standard InChI is InChI=1S/C24H21N3O5/c1-30-17-6-2-15(3-7-17)19-11-27(12-20-24(19)26-14-25-20)22(28)13-31-18-8-4-16-5-9-23(29)32-21(16)10-18/h2-10,14,19H,11-13H2,1H3,(H,25,26). The molecule has 2 aromatic heterocycles. The summed E-state index contributed by atoms with van der Waals surface area (Å²) in [5.41, 5.74) is 2.91. The second-order valence-electron chi connectivity index (χ2n) is 7.61. The van der Waals surface area contributed by atoms with Gasteiger partial charge in [-0.15, -0.1) is 0 Å². The van der Waals surface area contributed by atoms with Crippen LogP contribution in [0.4, 0.5) is 0 Å². The van der Waals surface area contributed by atoms with Crippen molar-refractivity contribution in [1.29, 1.82) is 0 Å². The van der Waals surface area contributed by atoms with E-state index < -0.39 is 5.63 Å². The first kappa shape index (κ1) is 19.9. The molecule has 1 amide bonds. The average Bonchev–Trinajstić information content (AvgIpc) is 3.30. The van der Waals surface area contributed by atoms with Crippen molar-refractivity contribution in [3.05, 3.63) is 88.3 Å². The number of hydrogen-bond donors (Lipinski definition) is 1. The fourth-order valence-corrected chi connectivity index (χ4v) is 3.98. The van der Waals surface area contributed by atoms with E-state index in [-0.39, 0.29) is 18.4 Å². The highest BCUT2D eigenvalue weighted by atomic mass is 16.5. The summed E-state index contributed by atoms with van der Waals surface area (Å²) >= 11 is 0. The van der Waals surface area contributed by atoms with Crippen LogP contribution >= 0.6 is 0 Å². The summed E-state index contributed by atoms with van der Waals surface area (Å²) < 4.78 is 16.1. The Kier molecular flexibility index (Phi) is 5.10. The van der Waals surface area contributed by atoms with Gasteiger partial charge in [0.15, 0.2) is 6.61 Å². The summed E-state index contributed by atoms with van der Waals surface area (Å²) in [5.74, 6) is 1.05. The van der Waals surface area contributed by atoms with Gasteiger partial charge in [0.05, 0.1) is 31.4 Å². The molecule has 1 N–H and O–H groups in total. The molecule has 8 heteroatoms. The summed E-state index contributed by atoms with van der Waals surface area (Å²) in [6, 6.07) is 16.0. The van der Waals surface area contributed by atoms with E-state index in [9.17, 15) is 9.59 Å². The molecule has 162 valence electrons. The first-order valence-corrected chi connectivity index (χ1v) is 10.2. The highest BCUT2D eigenvalue weighted by molar-refractivity contribution is 5.79. The summed E-state index contributed by atoms with van der Waals surface area (Å²) in [5, 5.41) is 0.786. The van der Waals surface area contributed by atoms with Crippen molar-refractivity contribution in [2.75, 3.05) is 20.3 Å². The lowest BCUT2D eigenvalue weighted by atomic mass is 9.91. The molecule has 32 heavy (non-hydrogen) atoms. The van der Waals surface area contributed by atoms with E-state index in [0.717, 1.165) is 28.1 Å². The quantitative estimate of drug-likeness (QED) is 0.488. The van der Waals surface area contributed by atoms with E-state index >= 15 is 0 Å². The Morgan fingerprint density at radius 1 is 1.16 bits per heavy atom. The van der Waals surface area contributed by atoms with Gasteiger partial charge in [-0.25, -0.2) is 9.78 Å². The molecule has 0 radical (unpaired) electrons. The number of H-pyrrole nitrogens is 1. The van der Waals surface area contributed by atoms with Crippen LogP contribution in [0.5, 0.6) is 11.5 Å². The van der Waals surface area contributed by atoms with Crippen molar-refractivity contribution in [2.45, 2.75) is 12.5 Å². The van der Waals surface area contributed by atoms with Gasteiger partial charge in [-0.1, -0.05) is 12.1 Å². The molecule has 0 fully saturated rings. The van der Waals surface area contributed by atoms with Crippen LogP contribution in [-0.4, -0.2) is 41.0 Å². The van der Waals surface area contributed by atoms with Crippen LogP contribution in [0.3, 0.4) is 0 Å². The lowest BCUT2D eigenvalue weighted by Gasteiger charge is -2.32. The van der Waals surface area contributed by atoms with Crippen molar-refractivity contribution in [3.63, 3.8) is 0 Å². The summed E-state index contributed by atoms with van der Waals surface area (Å²) in [7, 11) is 1.63. The molecule has 0 saturated heterocycles. The zero-order chi connectivity index (χ0) is 22.1. The number of amides is 1. The Labute approximate surface area is 183 Å². The van der Waals surface area contributed by atoms with E-state index in [0.29, 0.717) is 24.4 Å². The number of aromatic nitrogens is 2. The number of imidazole rings is 1. The van der Waals surface area contributed by atoms with Crippen molar-refractivity contribution in [1.82, 2.24) is 14.9 Å². The first-order chi connectivity index (χ1) is 15.6. The SMILES string of the molecule is COc1ccc(C2CN(C(=O)COc3ccc4ccc(=O)oc4c3)Cc3[nH]cnc32)cc1. The maximum Gasteiger partial charge on any atom is 0.336 e. The van der Waals surface area contributed by atoms with Gasteiger partial charge in [0.25, 0.3) is 5.91 Å². The molecule has 2 aromatic carbocycles. The molecule has 1 aliphatic rings. The second-order valence-corrected chi connectivity index (χ2v) is 7.61. The van der Waals surface area contributed by atoms with Gasteiger partial charge < -0.3 is 23.8 Å². The molecule has 3 heterocycles. The number of fused-ring (bicyclic) bond motifs is 2. The topological polar surface area (TPSA) is 97.7 Å². The molecule has 5 rings (SSSR count). The van der Waals surface area contributed by atoms with Gasteiger partial charge in [0.1, 0.15) is 17.1 Å². The Hall–Kier alpha value is -4.07. The van der Waals surface area contributed by atoms with Gasteiger partial charge in [-0.05, 0) is 35.9 Å². The lowest BCUT2D eigenvalue weighted by molar-refractivity contribution is -0.134. The number of carbonyl (C=O) groups is 1. The Bertz CT molecular complexity index is 1330. The summed E-state index contributed by atoms with van der Waals surface area (Å²) in [6.07, 6.45) is 1.66. The number of rotatable bonds is 5. The van der Waals surface area contributed by atoms with Crippen molar-refractivity contribution in [2.24, 2.45) is 0 Å². The molecule has 0 saturated carbocycles. The second kappa shape index (κ2) is 8.22. The first-order valence-electron chi connectivity index (χ1n) is 10.2. The van der Waals surface area contributed by atoms with E-state index in [1.54, 1.807) is 42.6 Å². The van der Waals surface area contributed by atoms with E-state index in [4.69, 9.17) is 13.9 Å². The lowest BCUT2D eigenvalue weighted by Crippen LogP contribution is -2.41. The molecular formula is C24H21N3O5. The molecule has 8 nitrogen and oxygen atoms in total. The monoisotopic (exact) mass is 431 g/mol. The van der Waals surface area contributed by atoms with Crippen LogP contribution in [0.15, 0.2) is 70.1 Å². The van der Waals surface area contributed by atoms with Crippen molar-refractivity contribution in [3.8, 4) is 11.5 Å². The van der Waals surface area contributed by atoms with Crippen LogP contribution in [0.25, 0.3) is 11.0 Å². The molecule has 0 aliphatic carbocycles. The number of nitrogens with zero attached hydrogens (tertiary/aromatic N) is 2. The molecule has 1 unspecified atom stereocenters. The smallest absolute Gasteiger partial charge is 0.336 e. The van der Waals surface area contributed by atoms with Crippen LogP contribution in [-0.2, 0) is 11.3 Å². The van der Waals surface area contributed by atoms with Gasteiger partial charge in [0.2, 0.25) is 0 Å². The van der Waals surface area contributed by atoms with E-state index in [1.807, 2.05) is 24.3 Å². The van der Waals surface area contributed by atoms with Crippen LogP contribution in [0.2, 0.25) is 0 Å². The minimum Gasteiger partial charge on any atom is -0.497 e. The maximum absolute atomic E-state index is 13.0. The number of hydrogen-bond acceptors (Lipinski definition) is 6. The Morgan fingerprint density at radius 3 is 2.75 bits per heavy atom. The average molecular weight is 431 g/mol. The van der Waals surface area contributed by atoms with Gasteiger partial charge >= 0.3 is 5.63 Å². The third kappa shape index (κ3) is 3.82. The van der Waals surface area contributed by atoms with Crippen molar-refractivity contribution >= 4 is 16.9 Å². The van der Waals surface area contributed by atoms with Gasteiger partial charge in [0, 0.05) is 30.0 Å². The number of methoxy groups -OCH3 is 1. The van der Waals surface area contributed by atoms with Crippen LogP contribution < -0.4 is 15.1 Å². The number of benzene rings is 2. The third-order valence-corrected chi connectivity index (χ3v) is 5.66. The predicted octanol–water partition coefficient (Wildman–Crippen LogP) is 3.08. The van der Waals surface area contributed by atoms with Crippen molar-refractivity contribution < 1.29 is 18.7 Å². The molecule has 0 bridgehead atoms. The van der Waals surface area contributed by atoms with Crippen LogP contribution in [0, 0.1) is 0 Å². The highest BCUT2D eigenvalue weighted by Gasteiger charge is 2.31. The third-order valence-electron chi connectivity index (χ3n) is 5.66. The van der Waals surface area contributed by atoms with Crippen LogP contribution in [0.1, 0.15) is 22.9 Å². The van der Waals surface area contributed by atoms with Gasteiger partial charge in [-0.3, -0.25) is 4.79 Å². The minimum atomic E-state index is -0.432. The normalized spacial score (nSPS) is 15.4. The zero-order valence-corrected chi connectivity index (χ0v) is 17.4. The number of nitrogens with one attached hydrogen (secondary N) is 1. The predicted molar refractivity (Wildman–Crippen MR) is 117 cm³/mol. The summed E-state index contributed by atoms with van der Waals surface area (Å²) in [6.45, 7) is 0.817. The molecule has 0 spiro atoms. The Balaban J connectivity index is 1.32. The van der Waals surface area contributed by atoms with Gasteiger partial charge in [-0.2, -0.15) is 0 Å². The number of ether oxygens (including phenoxy) is 2. The highest BCUT2D eigenvalue weighted by Crippen LogP contribution is 2.32. The zero-order valence-electron chi connectivity index (χ0n) is 17.4. The molecule has 4 aromatic rings. The summed E-state index contributed by atoms with van der Waals surface area (Å²) in [4.78, 5) is 33.8.